The number of aliphatic hydroxyl groups is 1. The lowest BCUT2D eigenvalue weighted by molar-refractivity contribution is -0.141. The van der Waals surface area contributed by atoms with Crippen LogP contribution in [0.25, 0.3) is 5.76 Å². The quantitative estimate of drug-likeness (QED) is 0.373. The van der Waals surface area contributed by atoms with Crippen molar-refractivity contribution in [1.82, 2.24) is 4.90 Å². The van der Waals surface area contributed by atoms with Crippen LogP contribution in [0.2, 0.25) is 0 Å². The molecule has 1 N–H and O–H groups in total. The van der Waals surface area contributed by atoms with E-state index in [0.29, 0.717) is 11.3 Å². The minimum absolute atomic E-state index is 0.0130. The molecule has 1 heterocycles. The maximum atomic E-state index is 13.3. The minimum Gasteiger partial charge on any atom is -0.507 e. The summed E-state index contributed by atoms with van der Waals surface area (Å²) in [7, 11) is 3.20. The first kappa shape index (κ1) is 22.9. The Hall–Kier alpha value is -3.28. The van der Waals surface area contributed by atoms with E-state index in [2.05, 4.69) is 0 Å². The highest BCUT2D eigenvalue weighted by Crippen LogP contribution is 2.44. The number of nitrogens with zero attached hydrogens (tertiary/aromatic N) is 1. The normalized spacial score (nSPS) is 20.6. The SMILES string of the molecule is COc1ccc(C2/C(=C(/O)c3ccc(OC)c(C(C)C)c3)C(=O)C(=O)N2C2CCCC2)cc1. The largest absolute Gasteiger partial charge is 0.507 e. The van der Waals surface area contributed by atoms with Crippen molar-refractivity contribution in [2.75, 3.05) is 14.2 Å². The molecule has 0 aromatic heterocycles. The molecular formula is C27H31NO5. The van der Waals surface area contributed by atoms with Crippen LogP contribution in [0.3, 0.4) is 0 Å². The van der Waals surface area contributed by atoms with Crippen LogP contribution in [-0.2, 0) is 9.59 Å². The average Bonchev–Trinajstić information content (AvgIpc) is 3.45. The number of ketones is 1. The monoisotopic (exact) mass is 449 g/mol. The fourth-order valence-electron chi connectivity index (χ4n) is 5.01. The molecule has 0 radical (unpaired) electrons. The molecule has 1 saturated heterocycles. The zero-order chi connectivity index (χ0) is 23.7. The summed E-state index contributed by atoms with van der Waals surface area (Å²) in [6.07, 6.45) is 3.78. The Bertz CT molecular complexity index is 1080. The van der Waals surface area contributed by atoms with Gasteiger partial charge < -0.3 is 19.5 Å². The van der Waals surface area contributed by atoms with Gasteiger partial charge in [0, 0.05) is 11.6 Å². The van der Waals surface area contributed by atoms with Crippen molar-refractivity contribution in [2.45, 2.75) is 57.5 Å². The number of methoxy groups -OCH3 is 2. The molecule has 0 spiro atoms. The van der Waals surface area contributed by atoms with Crippen molar-refractivity contribution < 1.29 is 24.2 Å². The molecule has 0 bridgehead atoms. The van der Waals surface area contributed by atoms with E-state index in [1.165, 1.54) is 0 Å². The molecule has 33 heavy (non-hydrogen) atoms. The highest BCUT2D eigenvalue weighted by Gasteiger charge is 2.49. The van der Waals surface area contributed by atoms with Crippen LogP contribution in [-0.4, -0.2) is 42.0 Å². The number of hydrogen-bond donors (Lipinski definition) is 1. The van der Waals surface area contributed by atoms with E-state index in [1.807, 2.05) is 44.2 Å². The van der Waals surface area contributed by atoms with Gasteiger partial charge in [-0.25, -0.2) is 0 Å². The molecule has 2 aromatic rings. The van der Waals surface area contributed by atoms with Crippen LogP contribution in [0.15, 0.2) is 48.0 Å². The molecule has 6 heteroatoms. The van der Waals surface area contributed by atoms with Gasteiger partial charge in [0.25, 0.3) is 11.7 Å². The predicted octanol–water partition coefficient (Wildman–Crippen LogP) is 5.19. The van der Waals surface area contributed by atoms with Gasteiger partial charge in [0.05, 0.1) is 25.8 Å². The lowest BCUT2D eigenvalue weighted by Gasteiger charge is -2.30. The lowest BCUT2D eigenvalue weighted by atomic mass is 9.92. The number of ether oxygens (including phenoxy) is 2. The summed E-state index contributed by atoms with van der Waals surface area (Å²) in [5, 5.41) is 11.4. The van der Waals surface area contributed by atoms with Gasteiger partial charge in [-0.3, -0.25) is 9.59 Å². The van der Waals surface area contributed by atoms with E-state index >= 15 is 0 Å². The van der Waals surface area contributed by atoms with E-state index in [1.54, 1.807) is 31.3 Å². The molecular weight excluding hydrogens is 418 g/mol. The Kier molecular flexibility index (Phi) is 6.45. The number of aliphatic hydroxyl groups excluding tert-OH is 1. The van der Waals surface area contributed by atoms with Crippen LogP contribution >= 0.6 is 0 Å². The van der Waals surface area contributed by atoms with Gasteiger partial charge >= 0.3 is 0 Å². The summed E-state index contributed by atoms with van der Waals surface area (Å²) < 4.78 is 10.7. The van der Waals surface area contributed by atoms with E-state index < -0.39 is 17.7 Å². The van der Waals surface area contributed by atoms with E-state index in [0.717, 1.165) is 42.6 Å². The summed E-state index contributed by atoms with van der Waals surface area (Å²) in [5.41, 5.74) is 2.34. The lowest BCUT2D eigenvalue weighted by Crippen LogP contribution is -2.37. The molecule has 4 rings (SSSR count). The Labute approximate surface area is 194 Å². The van der Waals surface area contributed by atoms with Gasteiger partial charge in [-0.1, -0.05) is 38.8 Å². The van der Waals surface area contributed by atoms with Crippen molar-refractivity contribution in [3.05, 3.63) is 64.7 Å². The van der Waals surface area contributed by atoms with Crippen LogP contribution < -0.4 is 9.47 Å². The molecule has 174 valence electrons. The smallest absolute Gasteiger partial charge is 0.295 e. The van der Waals surface area contributed by atoms with Gasteiger partial charge in [0.1, 0.15) is 17.3 Å². The fourth-order valence-corrected chi connectivity index (χ4v) is 5.01. The molecule has 1 aliphatic heterocycles. The molecule has 1 amide bonds. The molecule has 2 fully saturated rings. The van der Waals surface area contributed by atoms with E-state index in [4.69, 9.17) is 9.47 Å². The number of carbonyl (C=O) groups excluding carboxylic acids is 2. The molecule has 1 unspecified atom stereocenters. The predicted molar refractivity (Wildman–Crippen MR) is 126 cm³/mol. The highest BCUT2D eigenvalue weighted by atomic mass is 16.5. The summed E-state index contributed by atoms with van der Waals surface area (Å²) >= 11 is 0. The Morgan fingerprint density at radius 1 is 1.00 bits per heavy atom. The van der Waals surface area contributed by atoms with E-state index in [-0.39, 0.29) is 23.3 Å². The molecule has 2 aliphatic rings. The number of Topliss-reactive ketones (excluding diaryl/α,β-unsaturated/α-hetero) is 1. The summed E-state index contributed by atoms with van der Waals surface area (Å²) in [6.45, 7) is 4.08. The first-order chi connectivity index (χ1) is 15.9. The van der Waals surface area contributed by atoms with Crippen LogP contribution in [0.1, 0.15) is 68.2 Å². The average molecular weight is 450 g/mol. The third-order valence-electron chi connectivity index (χ3n) is 6.75. The first-order valence-corrected chi connectivity index (χ1v) is 11.5. The molecule has 1 saturated carbocycles. The van der Waals surface area contributed by atoms with Gasteiger partial charge in [0.2, 0.25) is 0 Å². The van der Waals surface area contributed by atoms with Gasteiger partial charge in [-0.2, -0.15) is 0 Å². The third-order valence-corrected chi connectivity index (χ3v) is 6.75. The number of carbonyl (C=O) groups is 2. The van der Waals surface area contributed by atoms with Crippen molar-refractivity contribution >= 4 is 17.4 Å². The second-order valence-electron chi connectivity index (χ2n) is 9.03. The Morgan fingerprint density at radius 2 is 1.67 bits per heavy atom. The molecule has 2 aromatic carbocycles. The van der Waals surface area contributed by atoms with Crippen LogP contribution in [0.4, 0.5) is 0 Å². The zero-order valence-electron chi connectivity index (χ0n) is 19.6. The van der Waals surface area contributed by atoms with E-state index in [9.17, 15) is 14.7 Å². The second kappa shape index (κ2) is 9.30. The summed E-state index contributed by atoms with van der Waals surface area (Å²) in [6, 6.07) is 12.1. The van der Waals surface area contributed by atoms with Crippen LogP contribution in [0, 0.1) is 0 Å². The standard InChI is InChI=1S/C27H31NO5/c1-16(2)21-15-18(11-14-22(21)33-4)25(29)23-24(17-9-12-20(32-3)13-10-17)28(27(31)26(23)30)19-7-5-6-8-19/h9-16,19,24,29H,5-8H2,1-4H3/b25-23-. The second-order valence-corrected chi connectivity index (χ2v) is 9.03. The van der Waals surface area contributed by atoms with Gasteiger partial charge in [0.15, 0.2) is 0 Å². The number of hydrogen-bond acceptors (Lipinski definition) is 5. The fraction of sp³-hybridized carbons (Fsp3) is 0.407. The Balaban J connectivity index is 1.88. The minimum atomic E-state index is -0.637. The highest BCUT2D eigenvalue weighted by molar-refractivity contribution is 6.46. The maximum Gasteiger partial charge on any atom is 0.295 e. The van der Waals surface area contributed by atoms with Crippen molar-refractivity contribution in [3.63, 3.8) is 0 Å². The number of likely N-dealkylation sites (tertiary alicyclic amines) is 1. The van der Waals surface area contributed by atoms with Crippen molar-refractivity contribution in [3.8, 4) is 11.5 Å². The van der Waals surface area contributed by atoms with Crippen molar-refractivity contribution in [1.29, 1.82) is 0 Å². The number of amides is 1. The molecule has 1 aliphatic carbocycles. The number of rotatable bonds is 6. The third kappa shape index (κ3) is 4.10. The number of benzene rings is 2. The summed E-state index contributed by atoms with van der Waals surface area (Å²) in [4.78, 5) is 28.2. The van der Waals surface area contributed by atoms with Gasteiger partial charge in [-0.15, -0.1) is 0 Å². The molecule has 1 atom stereocenters. The molecule has 6 nitrogen and oxygen atoms in total. The summed E-state index contributed by atoms with van der Waals surface area (Å²) in [5.74, 6) is 0.238. The van der Waals surface area contributed by atoms with Gasteiger partial charge in [-0.05, 0) is 60.2 Å². The topological polar surface area (TPSA) is 76.1 Å². The maximum absolute atomic E-state index is 13.3. The zero-order valence-corrected chi connectivity index (χ0v) is 19.6. The Morgan fingerprint density at radius 3 is 2.24 bits per heavy atom. The van der Waals surface area contributed by atoms with Crippen molar-refractivity contribution in [2.24, 2.45) is 0 Å². The van der Waals surface area contributed by atoms with Crippen LogP contribution in [0.5, 0.6) is 11.5 Å². The first-order valence-electron chi connectivity index (χ1n) is 11.5.